The van der Waals surface area contributed by atoms with Crippen LogP contribution in [0.1, 0.15) is 11.3 Å². The summed E-state index contributed by atoms with van der Waals surface area (Å²) in [5, 5.41) is 0. The Hall–Kier alpha value is -1.05. The summed E-state index contributed by atoms with van der Waals surface area (Å²) in [6.07, 6.45) is 0. The molecule has 0 amide bonds. The van der Waals surface area contributed by atoms with Crippen molar-refractivity contribution in [3.05, 3.63) is 23.4 Å². The van der Waals surface area contributed by atoms with Crippen LogP contribution in [0.15, 0.2) is 6.07 Å². The Morgan fingerprint density at radius 2 is 2.22 bits per heavy atom. The normalized spacial score (nSPS) is 9.56. The molecule has 1 aromatic rings. The van der Waals surface area contributed by atoms with E-state index in [9.17, 15) is 0 Å². The Morgan fingerprint density at radius 1 is 1.56 bits per heavy atom. The molecule has 2 nitrogen and oxygen atoms in total. The lowest BCUT2D eigenvalue weighted by molar-refractivity contribution is 1.18. The van der Waals surface area contributed by atoms with Gasteiger partial charge in [0.25, 0.3) is 0 Å². The monoisotopic (exact) mass is 121 g/mol. The van der Waals surface area contributed by atoms with Crippen LogP contribution in [-0.2, 0) is 0 Å². The van der Waals surface area contributed by atoms with Crippen molar-refractivity contribution in [2.45, 2.75) is 13.8 Å². The summed E-state index contributed by atoms with van der Waals surface area (Å²) < 4.78 is 0. The number of hydrogen-bond acceptors (Lipinski definition) is 2. The highest BCUT2D eigenvalue weighted by Crippen LogP contribution is 2.05. The highest BCUT2D eigenvalue weighted by Gasteiger charge is 1.92. The average molecular weight is 121 g/mol. The van der Waals surface area contributed by atoms with Gasteiger partial charge in [-0.3, -0.25) is 0 Å². The number of rotatable bonds is 0. The Kier molecular flexibility index (Phi) is 1.39. The van der Waals surface area contributed by atoms with Crippen LogP contribution in [0.4, 0.5) is 5.82 Å². The Morgan fingerprint density at radius 3 is 2.67 bits per heavy atom. The number of aryl methyl sites for hydroxylation is 2. The number of nitrogen functional groups attached to an aromatic ring is 1. The van der Waals surface area contributed by atoms with Gasteiger partial charge in [0.2, 0.25) is 0 Å². The first kappa shape index (κ1) is 6.08. The van der Waals surface area contributed by atoms with Crippen molar-refractivity contribution in [3.63, 3.8) is 0 Å². The van der Waals surface area contributed by atoms with Gasteiger partial charge in [0, 0.05) is 11.8 Å². The minimum absolute atomic E-state index is 0.603. The van der Waals surface area contributed by atoms with Crippen molar-refractivity contribution >= 4 is 5.82 Å². The van der Waals surface area contributed by atoms with Gasteiger partial charge < -0.3 is 5.73 Å². The maximum Gasteiger partial charge on any atom is 0.126 e. The van der Waals surface area contributed by atoms with Gasteiger partial charge in [0.1, 0.15) is 5.82 Å². The minimum atomic E-state index is 0.603. The van der Waals surface area contributed by atoms with E-state index >= 15 is 0 Å². The molecule has 0 spiro atoms. The van der Waals surface area contributed by atoms with Crippen LogP contribution in [0.5, 0.6) is 0 Å². The van der Waals surface area contributed by atoms with Gasteiger partial charge in [0.05, 0.1) is 0 Å². The predicted octanol–water partition coefficient (Wildman–Crippen LogP) is 1.08. The van der Waals surface area contributed by atoms with E-state index in [4.69, 9.17) is 5.73 Å². The van der Waals surface area contributed by atoms with Gasteiger partial charge in [-0.05, 0) is 25.5 Å². The molecular formula is C7H9N2. The van der Waals surface area contributed by atoms with Crippen molar-refractivity contribution in [2.24, 2.45) is 0 Å². The fourth-order valence-electron chi connectivity index (χ4n) is 0.588. The molecule has 2 N–H and O–H groups in total. The summed E-state index contributed by atoms with van der Waals surface area (Å²) in [6.45, 7) is 3.79. The summed E-state index contributed by atoms with van der Waals surface area (Å²) in [4.78, 5) is 4.00. The Balaban J connectivity index is 3.17. The molecule has 1 aromatic heterocycles. The second kappa shape index (κ2) is 2.05. The molecule has 0 aliphatic carbocycles. The first-order chi connectivity index (χ1) is 4.20. The van der Waals surface area contributed by atoms with E-state index in [1.165, 1.54) is 0 Å². The second-order valence-electron chi connectivity index (χ2n) is 2.05. The Bertz CT molecular complexity index is 218. The highest BCUT2D eigenvalue weighted by atomic mass is 14.8. The zero-order valence-corrected chi connectivity index (χ0v) is 5.60. The third-order valence-electron chi connectivity index (χ3n) is 1.19. The maximum atomic E-state index is 5.49. The topological polar surface area (TPSA) is 38.9 Å². The van der Waals surface area contributed by atoms with E-state index < -0.39 is 0 Å². The number of nitrogens with two attached hydrogens (primary N) is 1. The zero-order valence-electron chi connectivity index (χ0n) is 5.60. The molecule has 9 heavy (non-hydrogen) atoms. The minimum Gasteiger partial charge on any atom is -0.383 e. The second-order valence-corrected chi connectivity index (χ2v) is 2.05. The van der Waals surface area contributed by atoms with Crippen LogP contribution in [0.2, 0.25) is 0 Å². The molecule has 0 atom stereocenters. The summed E-state index contributed by atoms with van der Waals surface area (Å²) in [7, 11) is 0. The van der Waals surface area contributed by atoms with E-state index in [0.29, 0.717) is 5.82 Å². The van der Waals surface area contributed by atoms with Gasteiger partial charge >= 0.3 is 0 Å². The highest BCUT2D eigenvalue weighted by molar-refractivity contribution is 5.38. The van der Waals surface area contributed by atoms with Crippen molar-refractivity contribution in [3.8, 4) is 0 Å². The van der Waals surface area contributed by atoms with Crippen LogP contribution in [0.3, 0.4) is 0 Å². The quantitative estimate of drug-likeness (QED) is 0.557. The van der Waals surface area contributed by atoms with Crippen LogP contribution in [-0.4, -0.2) is 4.98 Å². The molecule has 0 saturated carbocycles. The first-order valence-electron chi connectivity index (χ1n) is 2.81. The molecule has 2 heteroatoms. The molecule has 47 valence electrons. The van der Waals surface area contributed by atoms with Crippen LogP contribution in [0, 0.1) is 19.9 Å². The predicted molar refractivity (Wildman–Crippen MR) is 37.0 cm³/mol. The van der Waals surface area contributed by atoms with Crippen molar-refractivity contribution in [1.82, 2.24) is 4.98 Å². The molecule has 0 aromatic carbocycles. The summed E-state index contributed by atoms with van der Waals surface area (Å²) >= 11 is 0. The molecule has 1 radical (unpaired) electrons. The number of anilines is 1. The largest absolute Gasteiger partial charge is 0.383 e. The first-order valence-corrected chi connectivity index (χ1v) is 2.81. The smallest absolute Gasteiger partial charge is 0.126 e. The average Bonchev–Trinajstić information content (AvgIpc) is 1.80. The van der Waals surface area contributed by atoms with Crippen molar-refractivity contribution in [1.29, 1.82) is 0 Å². The molecular weight excluding hydrogens is 112 g/mol. The van der Waals surface area contributed by atoms with Crippen molar-refractivity contribution < 1.29 is 0 Å². The number of pyridine rings is 1. The summed E-state index contributed by atoms with van der Waals surface area (Å²) in [6, 6.07) is 4.79. The molecule has 0 bridgehead atoms. The number of hydrogen-bond donors (Lipinski definition) is 1. The van der Waals surface area contributed by atoms with Gasteiger partial charge in [-0.1, -0.05) is 0 Å². The van der Waals surface area contributed by atoms with Gasteiger partial charge in [-0.25, -0.2) is 4.98 Å². The van der Waals surface area contributed by atoms with Crippen molar-refractivity contribution in [2.75, 3.05) is 5.73 Å². The number of nitrogens with zero attached hydrogens (tertiary/aromatic N) is 1. The molecule has 0 aliphatic rings. The van der Waals surface area contributed by atoms with Crippen LogP contribution >= 0.6 is 0 Å². The summed E-state index contributed by atoms with van der Waals surface area (Å²) in [5.41, 5.74) is 7.32. The van der Waals surface area contributed by atoms with Crippen LogP contribution < -0.4 is 5.73 Å². The van der Waals surface area contributed by atoms with E-state index in [1.807, 2.05) is 19.9 Å². The lowest BCUT2D eigenvalue weighted by Gasteiger charge is -1.96. The fourth-order valence-corrected chi connectivity index (χ4v) is 0.588. The molecule has 0 saturated heterocycles. The van der Waals surface area contributed by atoms with E-state index in [0.717, 1.165) is 11.3 Å². The van der Waals surface area contributed by atoms with Gasteiger partial charge in [-0.15, -0.1) is 0 Å². The van der Waals surface area contributed by atoms with E-state index in [-0.39, 0.29) is 0 Å². The third-order valence-corrected chi connectivity index (χ3v) is 1.19. The zero-order chi connectivity index (χ0) is 6.85. The molecule has 0 aliphatic heterocycles. The van der Waals surface area contributed by atoms with Gasteiger partial charge in [-0.2, -0.15) is 0 Å². The molecule has 1 heterocycles. The van der Waals surface area contributed by atoms with E-state index in [1.54, 1.807) is 0 Å². The maximum absolute atomic E-state index is 5.49. The standard InChI is InChI=1S/C7H9N2/c1-5-3-4-6(2)9-7(5)8/h3H,1-2H3,(H2,8,9). The lowest BCUT2D eigenvalue weighted by Crippen LogP contribution is -1.94. The number of aromatic nitrogens is 1. The fraction of sp³-hybridized carbons (Fsp3) is 0.286. The molecule has 1 rings (SSSR count). The molecule has 0 unspecified atom stereocenters. The van der Waals surface area contributed by atoms with Crippen LogP contribution in [0.25, 0.3) is 0 Å². The lowest BCUT2D eigenvalue weighted by atomic mass is 10.2. The Labute approximate surface area is 54.7 Å². The molecule has 0 fully saturated rings. The van der Waals surface area contributed by atoms with Gasteiger partial charge in [0.15, 0.2) is 0 Å². The van der Waals surface area contributed by atoms with E-state index in [2.05, 4.69) is 11.1 Å². The third kappa shape index (κ3) is 1.19. The SMILES string of the molecule is Cc1[c]cc(C)c(N)n1. The summed E-state index contributed by atoms with van der Waals surface area (Å²) in [5.74, 6) is 0.603.